The molecule has 0 atom stereocenters. The predicted octanol–water partition coefficient (Wildman–Crippen LogP) is 0.0634. The van der Waals surface area contributed by atoms with Gasteiger partial charge < -0.3 is 5.73 Å². The molecule has 1 rings (SSSR count). The fourth-order valence-corrected chi connectivity index (χ4v) is 1.37. The lowest BCUT2D eigenvalue weighted by atomic mass is 10.0. The number of nitrogens with zero attached hydrogens (tertiary/aromatic N) is 1. The molecular formula is C7H17N3. The van der Waals surface area contributed by atoms with Gasteiger partial charge in [0.2, 0.25) is 0 Å². The summed E-state index contributed by atoms with van der Waals surface area (Å²) in [5.74, 6) is 5.64. The van der Waals surface area contributed by atoms with Crippen LogP contribution in [0.15, 0.2) is 0 Å². The van der Waals surface area contributed by atoms with Crippen LogP contribution in [0.4, 0.5) is 0 Å². The molecule has 3 nitrogen and oxygen atoms in total. The molecule has 1 saturated heterocycles. The Bertz CT molecular complexity index is 74.9. The van der Waals surface area contributed by atoms with Crippen LogP contribution in [0.25, 0.3) is 0 Å². The van der Waals surface area contributed by atoms with Crippen molar-refractivity contribution in [2.45, 2.75) is 31.7 Å². The van der Waals surface area contributed by atoms with Gasteiger partial charge in [0.05, 0.1) is 0 Å². The maximum atomic E-state index is 5.79. The van der Waals surface area contributed by atoms with E-state index in [0.29, 0.717) is 6.04 Å². The molecular weight excluding hydrogens is 126 g/mol. The number of hydrogen-bond acceptors (Lipinski definition) is 3. The normalized spacial score (nSPS) is 25.8. The van der Waals surface area contributed by atoms with Gasteiger partial charge in [-0.2, -0.15) is 0 Å². The minimum atomic E-state index is 0.425. The molecule has 0 aliphatic carbocycles. The van der Waals surface area contributed by atoms with E-state index in [0.717, 1.165) is 38.8 Å². The maximum Gasteiger partial charge on any atom is 0.0129 e. The van der Waals surface area contributed by atoms with Gasteiger partial charge in [0.1, 0.15) is 0 Å². The minimum absolute atomic E-state index is 0.425. The van der Waals surface area contributed by atoms with Gasteiger partial charge in [-0.1, -0.05) is 0 Å². The molecule has 0 unspecified atom stereocenters. The number of rotatable bonds is 0. The monoisotopic (exact) mass is 143 g/mol. The highest BCUT2D eigenvalue weighted by atomic mass is 15.4. The highest BCUT2D eigenvalue weighted by molar-refractivity contribution is 4.66. The zero-order valence-electron chi connectivity index (χ0n) is 6.42. The van der Waals surface area contributed by atoms with E-state index in [4.69, 9.17) is 11.6 Å². The zero-order chi connectivity index (χ0) is 7.40. The zero-order valence-corrected chi connectivity index (χ0v) is 6.42. The Morgan fingerprint density at radius 1 is 1.10 bits per heavy atom. The Kier molecular flexibility index (Phi) is 3.12. The second-order valence-corrected chi connectivity index (χ2v) is 3.08. The molecule has 1 aliphatic heterocycles. The summed E-state index contributed by atoms with van der Waals surface area (Å²) < 4.78 is 0. The summed E-state index contributed by atoms with van der Waals surface area (Å²) in [6, 6.07) is 0.425. The lowest BCUT2D eigenvalue weighted by Gasteiger charge is -2.21. The van der Waals surface area contributed by atoms with Gasteiger partial charge in [-0.25, -0.2) is 5.01 Å². The average molecular weight is 143 g/mol. The first-order valence-corrected chi connectivity index (χ1v) is 4.04. The highest BCUT2D eigenvalue weighted by Gasteiger charge is 2.08. The van der Waals surface area contributed by atoms with Crippen molar-refractivity contribution in [1.29, 1.82) is 0 Å². The fourth-order valence-electron chi connectivity index (χ4n) is 1.37. The Labute approximate surface area is 62.3 Å². The molecule has 1 aliphatic rings. The van der Waals surface area contributed by atoms with Crippen LogP contribution in [-0.2, 0) is 0 Å². The summed E-state index contributed by atoms with van der Waals surface area (Å²) in [5.41, 5.74) is 5.79. The first-order valence-electron chi connectivity index (χ1n) is 4.04. The topological polar surface area (TPSA) is 55.3 Å². The minimum Gasteiger partial charge on any atom is -0.328 e. The predicted molar refractivity (Wildman–Crippen MR) is 42.2 cm³/mol. The van der Waals surface area contributed by atoms with Gasteiger partial charge in [-0.05, 0) is 25.7 Å². The van der Waals surface area contributed by atoms with Crippen LogP contribution in [0.5, 0.6) is 0 Å². The van der Waals surface area contributed by atoms with E-state index in [2.05, 4.69) is 0 Å². The number of hydrazine groups is 1. The van der Waals surface area contributed by atoms with Crippen molar-refractivity contribution in [2.24, 2.45) is 11.6 Å². The highest BCUT2D eigenvalue weighted by Crippen LogP contribution is 2.06. The standard InChI is InChI=1S/C7H17N3/c8-7-3-1-5-10(9)6-2-4-7/h7H,1-6,8-9H2. The van der Waals surface area contributed by atoms with E-state index < -0.39 is 0 Å². The molecule has 10 heavy (non-hydrogen) atoms. The SMILES string of the molecule is NC1CCCN(N)CCC1. The van der Waals surface area contributed by atoms with Crippen LogP contribution in [0.3, 0.4) is 0 Å². The van der Waals surface area contributed by atoms with E-state index in [9.17, 15) is 0 Å². The van der Waals surface area contributed by atoms with Crippen molar-refractivity contribution >= 4 is 0 Å². The molecule has 0 amide bonds. The average Bonchev–Trinajstić information content (AvgIpc) is 1.84. The molecule has 0 aromatic carbocycles. The molecule has 1 heterocycles. The van der Waals surface area contributed by atoms with Crippen LogP contribution in [0.1, 0.15) is 25.7 Å². The van der Waals surface area contributed by atoms with Crippen molar-refractivity contribution in [3.05, 3.63) is 0 Å². The van der Waals surface area contributed by atoms with Crippen molar-refractivity contribution in [1.82, 2.24) is 5.01 Å². The fraction of sp³-hybridized carbons (Fsp3) is 1.00. The summed E-state index contributed by atoms with van der Waals surface area (Å²) in [4.78, 5) is 0. The van der Waals surface area contributed by atoms with E-state index in [-0.39, 0.29) is 0 Å². The lowest BCUT2D eigenvalue weighted by molar-refractivity contribution is 0.247. The third kappa shape index (κ3) is 2.64. The summed E-state index contributed by atoms with van der Waals surface area (Å²) in [6.07, 6.45) is 4.57. The molecule has 60 valence electrons. The van der Waals surface area contributed by atoms with Crippen molar-refractivity contribution in [3.63, 3.8) is 0 Å². The molecule has 0 spiro atoms. The van der Waals surface area contributed by atoms with Crippen molar-refractivity contribution < 1.29 is 0 Å². The first-order chi connectivity index (χ1) is 4.79. The summed E-state index contributed by atoms with van der Waals surface area (Å²) in [7, 11) is 0. The van der Waals surface area contributed by atoms with E-state index >= 15 is 0 Å². The van der Waals surface area contributed by atoms with Crippen LogP contribution >= 0.6 is 0 Å². The van der Waals surface area contributed by atoms with Gasteiger partial charge >= 0.3 is 0 Å². The van der Waals surface area contributed by atoms with Gasteiger partial charge in [-0.3, -0.25) is 5.84 Å². The van der Waals surface area contributed by atoms with Crippen LogP contribution in [-0.4, -0.2) is 24.1 Å². The number of hydrogen-bond donors (Lipinski definition) is 2. The Morgan fingerprint density at radius 2 is 1.60 bits per heavy atom. The summed E-state index contributed by atoms with van der Waals surface area (Å²) in [6.45, 7) is 2.02. The van der Waals surface area contributed by atoms with Gasteiger partial charge in [-0.15, -0.1) is 0 Å². The molecule has 4 N–H and O–H groups in total. The lowest BCUT2D eigenvalue weighted by Crippen LogP contribution is -2.36. The van der Waals surface area contributed by atoms with E-state index in [1.54, 1.807) is 0 Å². The first kappa shape index (κ1) is 7.98. The second kappa shape index (κ2) is 3.91. The van der Waals surface area contributed by atoms with Gasteiger partial charge in [0, 0.05) is 19.1 Å². The van der Waals surface area contributed by atoms with E-state index in [1.807, 2.05) is 5.01 Å². The number of nitrogens with two attached hydrogens (primary N) is 2. The summed E-state index contributed by atoms with van der Waals surface area (Å²) >= 11 is 0. The van der Waals surface area contributed by atoms with Crippen molar-refractivity contribution in [3.8, 4) is 0 Å². The second-order valence-electron chi connectivity index (χ2n) is 3.08. The van der Waals surface area contributed by atoms with E-state index in [1.165, 1.54) is 0 Å². The maximum absolute atomic E-state index is 5.79. The molecule has 3 heteroatoms. The van der Waals surface area contributed by atoms with Crippen LogP contribution < -0.4 is 11.6 Å². The smallest absolute Gasteiger partial charge is 0.0129 e. The molecule has 0 bridgehead atoms. The third-order valence-corrected chi connectivity index (χ3v) is 2.04. The largest absolute Gasteiger partial charge is 0.328 e. The molecule has 1 fully saturated rings. The molecule has 0 radical (unpaired) electrons. The quantitative estimate of drug-likeness (QED) is 0.472. The Balaban J connectivity index is 2.21. The molecule has 0 saturated carbocycles. The molecule has 0 aromatic heterocycles. The van der Waals surface area contributed by atoms with Gasteiger partial charge in [0.25, 0.3) is 0 Å². The Morgan fingerprint density at radius 3 is 2.10 bits per heavy atom. The summed E-state index contributed by atoms with van der Waals surface area (Å²) in [5, 5.41) is 1.89. The van der Waals surface area contributed by atoms with Crippen LogP contribution in [0, 0.1) is 0 Å². The van der Waals surface area contributed by atoms with Crippen LogP contribution in [0.2, 0.25) is 0 Å². The molecule has 0 aromatic rings. The van der Waals surface area contributed by atoms with Crippen molar-refractivity contribution in [2.75, 3.05) is 13.1 Å². The third-order valence-electron chi connectivity index (χ3n) is 2.04. The Hall–Kier alpha value is -0.120. The van der Waals surface area contributed by atoms with Gasteiger partial charge in [0.15, 0.2) is 0 Å².